The topological polar surface area (TPSA) is 15.3 Å². The Balaban J connectivity index is 2.22. The lowest BCUT2D eigenvalue weighted by atomic mass is 10.1. The number of anilines is 1. The van der Waals surface area contributed by atoms with E-state index in [2.05, 4.69) is 5.32 Å². The average Bonchev–Trinajstić information content (AvgIpc) is 2.41. The number of nitrogens with one attached hydrogen (secondary N) is 1. The third kappa shape index (κ3) is 3.76. The third-order valence-electron chi connectivity index (χ3n) is 3.17. The van der Waals surface area contributed by atoms with E-state index in [0.717, 1.165) is 5.56 Å². The van der Waals surface area contributed by atoms with Gasteiger partial charge in [-0.2, -0.15) is 0 Å². The van der Waals surface area contributed by atoms with Crippen molar-refractivity contribution >= 4 is 5.69 Å². The highest BCUT2D eigenvalue weighted by Gasteiger charge is 2.15. The van der Waals surface area contributed by atoms with Gasteiger partial charge in [-0.05, 0) is 42.4 Å². The highest BCUT2D eigenvalue weighted by Crippen LogP contribution is 2.25. The maximum atomic E-state index is 14.1. The molecule has 0 aliphatic heterocycles. The van der Waals surface area contributed by atoms with Crippen molar-refractivity contribution in [2.24, 2.45) is 0 Å². The van der Waals surface area contributed by atoms with Gasteiger partial charge in [-0.1, -0.05) is 12.1 Å². The smallest absolute Gasteiger partial charge is 0.149 e. The van der Waals surface area contributed by atoms with Crippen molar-refractivity contribution in [2.75, 3.05) is 19.0 Å². The van der Waals surface area contributed by atoms with E-state index in [9.17, 15) is 13.2 Å². The van der Waals surface area contributed by atoms with Crippen molar-refractivity contribution < 1.29 is 13.2 Å². The maximum Gasteiger partial charge on any atom is 0.149 e. The predicted molar refractivity (Wildman–Crippen MR) is 77.6 cm³/mol. The summed E-state index contributed by atoms with van der Waals surface area (Å²) >= 11 is 0. The second kappa shape index (κ2) is 6.63. The fraction of sp³-hybridized carbons (Fsp3) is 0.250. The number of nitrogens with zero attached hydrogens (tertiary/aromatic N) is 1. The Morgan fingerprint density at radius 2 is 1.52 bits per heavy atom. The van der Waals surface area contributed by atoms with E-state index in [1.165, 1.54) is 29.2 Å². The first-order valence-electron chi connectivity index (χ1n) is 6.59. The van der Waals surface area contributed by atoms with Crippen LogP contribution in [-0.4, -0.2) is 14.1 Å². The summed E-state index contributed by atoms with van der Waals surface area (Å²) in [5, 5.41) is 2.85. The van der Waals surface area contributed by atoms with Gasteiger partial charge in [0, 0.05) is 20.1 Å². The summed E-state index contributed by atoms with van der Waals surface area (Å²) in [4.78, 5) is 1.47. The Morgan fingerprint density at radius 1 is 0.952 bits per heavy atom. The molecule has 0 amide bonds. The van der Waals surface area contributed by atoms with Gasteiger partial charge in [-0.25, -0.2) is 13.2 Å². The van der Waals surface area contributed by atoms with Crippen LogP contribution in [0.4, 0.5) is 18.9 Å². The van der Waals surface area contributed by atoms with Gasteiger partial charge in [0.15, 0.2) is 0 Å². The molecule has 0 saturated carbocycles. The van der Waals surface area contributed by atoms with Crippen LogP contribution in [0.15, 0.2) is 36.4 Å². The van der Waals surface area contributed by atoms with E-state index in [1.54, 1.807) is 26.2 Å². The van der Waals surface area contributed by atoms with Crippen molar-refractivity contribution in [2.45, 2.75) is 13.1 Å². The zero-order valence-corrected chi connectivity index (χ0v) is 12.0. The molecular formula is C16H17F3N2. The predicted octanol–water partition coefficient (Wildman–Crippen LogP) is 3.46. The monoisotopic (exact) mass is 294 g/mol. The Labute approximate surface area is 122 Å². The van der Waals surface area contributed by atoms with Gasteiger partial charge in [0.1, 0.15) is 23.1 Å². The molecule has 0 aromatic heterocycles. The Kier molecular flexibility index (Phi) is 4.85. The zero-order chi connectivity index (χ0) is 15.4. The third-order valence-corrected chi connectivity index (χ3v) is 3.17. The van der Waals surface area contributed by atoms with E-state index in [-0.39, 0.29) is 11.5 Å². The van der Waals surface area contributed by atoms with Gasteiger partial charge in [-0.3, -0.25) is 0 Å². The molecule has 2 aromatic carbocycles. The number of hydrogen-bond donors (Lipinski definition) is 1. The minimum atomic E-state index is -0.607. The fourth-order valence-electron chi connectivity index (χ4n) is 2.23. The first-order chi connectivity index (χ1) is 10.0. The molecule has 21 heavy (non-hydrogen) atoms. The lowest BCUT2D eigenvalue weighted by molar-refractivity contribution is 0.571. The standard InChI is InChI=1S/C16H17F3N2/c1-20-9-12-7-14(18)16(15(19)8-12)21(2)10-11-3-5-13(17)6-4-11/h3-8,20H,9-10H2,1-2H3. The largest absolute Gasteiger partial charge is 0.366 e. The van der Waals surface area contributed by atoms with Gasteiger partial charge in [0.25, 0.3) is 0 Å². The van der Waals surface area contributed by atoms with Gasteiger partial charge in [0.05, 0.1) is 0 Å². The number of hydrogen-bond acceptors (Lipinski definition) is 2. The van der Waals surface area contributed by atoms with Crippen molar-refractivity contribution in [3.8, 4) is 0 Å². The highest BCUT2D eigenvalue weighted by atomic mass is 19.1. The summed E-state index contributed by atoms with van der Waals surface area (Å²) in [6.07, 6.45) is 0. The van der Waals surface area contributed by atoms with Crippen LogP contribution < -0.4 is 10.2 Å². The normalized spacial score (nSPS) is 10.7. The van der Waals surface area contributed by atoms with Crippen LogP contribution in [0.2, 0.25) is 0 Å². The quantitative estimate of drug-likeness (QED) is 0.908. The van der Waals surface area contributed by atoms with Gasteiger partial charge < -0.3 is 10.2 Å². The molecule has 0 atom stereocenters. The Morgan fingerprint density at radius 3 is 2.05 bits per heavy atom. The van der Waals surface area contributed by atoms with Crippen molar-refractivity contribution in [3.05, 3.63) is 65.0 Å². The van der Waals surface area contributed by atoms with Crippen LogP contribution in [0.5, 0.6) is 0 Å². The average molecular weight is 294 g/mol. The molecule has 0 aliphatic carbocycles. The summed E-state index contributed by atoms with van der Waals surface area (Å²) in [7, 11) is 3.31. The number of benzene rings is 2. The summed E-state index contributed by atoms with van der Waals surface area (Å²) in [6, 6.07) is 8.47. The first-order valence-corrected chi connectivity index (χ1v) is 6.59. The molecule has 0 bridgehead atoms. The molecule has 0 aliphatic rings. The minimum absolute atomic E-state index is 0.0841. The van der Waals surface area contributed by atoms with E-state index < -0.39 is 11.6 Å². The van der Waals surface area contributed by atoms with Crippen molar-refractivity contribution in [1.82, 2.24) is 5.32 Å². The van der Waals surface area contributed by atoms with E-state index in [4.69, 9.17) is 0 Å². The SMILES string of the molecule is CNCc1cc(F)c(N(C)Cc2ccc(F)cc2)c(F)c1. The summed E-state index contributed by atoms with van der Waals surface area (Å²) in [5.41, 5.74) is 1.24. The lowest BCUT2D eigenvalue weighted by Gasteiger charge is -2.21. The number of rotatable bonds is 5. The lowest BCUT2D eigenvalue weighted by Crippen LogP contribution is -2.20. The van der Waals surface area contributed by atoms with E-state index in [1.807, 2.05) is 0 Å². The summed E-state index contributed by atoms with van der Waals surface area (Å²) < 4.78 is 41.0. The van der Waals surface area contributed by atoms with E-state index in [0.29, 0.717) is 18.7 Å². The van der Waals surface area contributed by atoms with Crippen LogP contribution in [0.1, 0.15) is 11.1 Å². The minimum Gasteiger partial charge on any atom is -0.366 e. The van der Waals surface area contributed by atoms with Crippen LogP contribution >= 0.6 is 0 Å². The molecule has 5 heteroatoms. The second-order valence-corrected chi connectivity index (χ2v) is 4.92. The van der Waals surface area contributed by atoms with Crippen LogP contribution in [-0.2, 0) is 13.1 Å². The van der Waals surface area contributed by atoms with Gasteiger partial charge >= 0.3 is 0 Å². The molecule has 1 N–H and O–H groups in total. The second-order valence-electron chi connectivity index (χ2n) is 4.92. The maximum absolute atomic E-state index is 14.1. The number of halogens is 3. The molecule has 0 unspecified atom stereocenters. The first kappa shape index (κ1) is 15.4. The van der Waals surface area contributed by atoms with Crippen molar-refractivity contribution in [1.29, 1.82) is 0 Å². The molecule has 0 fully saturated rings. The molecule has 112 valence electrons. The van der Waals surface area contributed by atoms with Crippen LogP contribution in [0, 0.1) is 17.5 Å². The summed E-state index contributed by atoms with van der Waals surface area (Å²) in [5.74, 6) is -1.55. The molecule has 0 saturated heterocycles. The van der Waals surface area contributed by atoms with Crippen molar-refractivity contribution in [3.63, 3.8) is 0 Å². The zero-order valence-electron chi connectivity index (χ0n) is 12.0. The molecular weight excluding hydrogens is 277 g/mol. The van der Waals surface area contributed by atoms with Crippen LogP contribution in [0.3, 0.4) is 0 Å². The van der Waals surface area contributed by atoms with E-state index >= 15 is 0 Å². The molecule has 2 aromatic rings. The summed E-state index contributed by atoms with van der Waals surface area (Å²) in [6.45, 7) is 0.690. The highest BCUT2D eigenvalue weighted by molar-refractivity contribution is 5.50. The van der Waals surface area contributed by atoms with Crippen LogP contribution in [0.25, 0.3) is 0 Å². The van der Waals surface area contributed by atoms with Gasteiger partial charge in [-0.15, -0.1) is 0 Å². The Bertz CT molecular complexity index is 588. The molecule has 0 spiro atoms. The molecule has 0 radical (unpaired) electrons. The van der Waals surface area contributed by atoms with Gasteiger partial charge in [0.2, 0.25) is 0 Å². The molecule has 0 heterocycles. The molecule has 2 nitrogen and oxygen atoms in total. The fourth-order valence-corrected chi connectivity index (χ4v) is 2.23. The molecule has 2 rings (SSSR count). The Hall–Kier alpha value is -2.01.